The smallest absolute Gasteiger partial charge is 0.416 e. The van der Waals surface area contributed by atoms with Crippen molar-refractivity contribution in [2.75, 3.05) is 20.1 Å². The molecule has 1 amide bonds. The molecule has 1 aromatic rings. The summed E-state index contributed by atoms with van der Waals surface area (Å²) in [5.41, 5.74) is -0.827. The van der Waals surface area contributed by atoms with Crippen molar-refractivity contribution >= 4 is 5.91 Å². The van der Waals surface area contributed by atoms with Gasteiger partial charge in [-0.15, -0.1) is 0 Å². The lowest BCUT2D eigenvalue weighted by Gasteiger charge is -2.35. The van der Waals surface area contributed by atoms with E-state index < -0.39 is 17.6 Å². The van der Waals surface area contributed by atoms with Crippen molar-refractivity contribution in [1.82, 2.24) is 9.80 Å². The van der Waals surface area contributed by atoms with Crippen molar-refractivity contribution in [3.05, 3.63) is 29.3 Å². The Hall–Kier alpha value is -1.76. The lowest BCUT2D eigenvalue weighted by Crippen LogP contribution is -2.44. The highest BCUT2D eigenvalue weighted by atomic mass is 19.4. The summed E-state index contributed by atoms with van der Waals surface area (Å²) in [7, 11) is 1.66. The minimum absolute atomic E-state index is 0.00285. The number of benzene rings is 1. The number of fused-ring (bicyclic) bond motifs is 2. The zero-order chi connectivity index (χ0) is 17.1. The summed E-state index contributed by atoms with van der Waals surface area (Å²) in [4.78, 5) is 16.6. The van der Waals surface area contributed by atoms with Gasteiger partial charge in [0, 0.05) is 26.2 Å². The summed E-state index contributed by atoms with van der Waals surface area (Å²) in [6.45, 7) is 1.44. The van der Waals surface area contributed by atoms with Crippen molar-refractivity contribution in [3.8, 4) is 5.75 Å². The highest BCUT2D eigenvalue weighted by molar-refractivity contribution is 5.97. The Morgan fingerprint density at radius 2 is 1.96 bits per heavy atom. The first kappa shape index (κ1) is 15.7. The van der Waals surface area contributed by atoms with Gasteiger partial charge in [0.2, 0.25) is 0 Å². The summed E-state index contributed by atoms with van der Waals surface area (Å²) in [6, 6.07) is 3.58. The number of rotatable bonds is 1. The molecule has 2 atom stereocenters. The molecule has 4 nitrogen and oxygen atoms in total. The summed E-state index contributed by atoms with van der Waals surface area (Å²) in [6.07, 6.45) is -1.10. The summed E-state index contributed by atoms with van der Waals surface area (Å²) in [5, 5.41) is 0. The van der Waals surface area contributed by atoms with E-state index in [9.17, 15) is 18.0 Å². The molecule has 0 N–H and O–H groups in total. The van der Waals surface area contributed by atoms with Gasteiger partial charge < -0.3 is 9.64 Å². The quantitative estimate of drug-likeness (QED) is 0.788. The Bertz CT molecular complexity index is 672. The number of likely N-dealkylation sites (tertiary alicyclic amines) is 1. The van der Waals surface area contributed by atoms with Crippen LogP contribution >= 0.6 is 0 Å². The van der Waals surface area contributed by atoms with Crippen molar-refractivity contribution in [3.63, 3.8) is 0 Å². The fourth-order valence-electron chi connectivity index (χ4n) is 3.80. The maximum atomic E-state index is 12.9. The van der Waals surface area contributed by atoms with Crippen LogP contribution < -0.4 is 4.74 Å². The summed E-state index contributed by atoms with van der Waals surface area (Å²) in [5.74, 6) is -0.151. The molecular formula is C17H19F3N2O2. The maximum absolute atomic E-state index is 12.9. The van der Waals surface area contributed by atoms with E-state index in [-0.39, 0.29) is 23.5 Å². The van der Waals surface area contributed by atoms with Gasteiger partial charge in [0.05, 0.1) is 17.2 Å². The van der Waals surface area contributed by atoms with Gasteiger partial charge in [-0.3, -0.25) is 9.69 Å². The molecule has 2 aliphatic heterocycles. The van der Waals surface area contributed by atoms with E-state index in [4.69, 9.17) is 4.74 Å². The van der Waals surface area contributed by atoms with Gasteiger partial charge >= 0.3 is 6.18 Å². The normalized spacial score (nSPS) is 28.0. The van der Waals surface area contributed by atoms with Crippen molar-refractivity contribution in [2.24, 2.45) is 0 Å². The average molecular weight is 340 g/mol. The first-order valence-electron chi connectivity index (χ1n) is 8.23. The molecule has 24 heavy (non-hydrogen) atoms. The molecule has 2 fully saturated rings. The fourth-order valence-corrected chi connectivity index (χ4v) is 3.80. The fraction of sp³-hybridized carbons (Fsp3) is 0.588. The largest absolute Gasteiger partial charge is 0.486 e. The van der Waals surface area contributed by atoms with Gasteiger partial charge in [0.15, 0.2) is 0 Å². The average Bonchev–Trinajstić information content (AvgIpc) is 2.82. The number of halogens is 3. The molecule has 2 heterocycles. The lowest BCUT2D eigenvalue weighted by molar-refractivity contribution is -0.137. The number of hydrogen-bond donors (Lipinski definition) is 0. The van der Waals surface area contributed by atoms with E-state index in [1.807, 2.05) is 0 Å². The number of carbonyl (C=O) groups is 1. The van der Waals surface area contributed by atoms with E-state index >= 15 is 0 Å². The first-order chi connectivity index (χ1) is 11.3. The predicted molar refractivity (Wildman–Crippen MR) is 81.0 cm³/mol. The second-order valence-electron chi connectivity index (χ2n) is 6.89. The first-order valence-corrected chi connectivity index (χ1v) is 8.23. The molecule has 4 rings (SSSR count). The van der Waals surface area contributed by atoms with Gasteiger partial charge in [-0.25, -0.2) is 0 Å². The third kappa shape index (κ3) is 2.46. The SMILES string of the molecule is CN1C(=O)c2cc(C(F)(F)F)ccc2O[C@H]2CN(C3CCC3)C[C@H]21. The highest BCUT2D eigenvalue weighted by Gasteiger charge is 2.45. The molecule has 1 saturated carbocycles. The lowest BCUT2D eigenvalue weighted by atomic mass is 9.92. The number of hydrogen-bond acceptors (Lipinski definition) is 3. The van der Waals surface area contributed by atoms with E-state index in [0.717, 1.165) is 18.7 Å². The number of alkyl halides is 3. The van der Waals surface area contributed by atoms with Gasteiger partial charge in [-0.2, -0.15) is 13.2 Å². The molecule has 0 bridgehead atoms. The molecule has 130 valence electrons. The van der Waals surface area contributed by atoms with Crippen LogP contribution in [0.2, 0.25) is 0 Å². The third-order valence-electron chi connectivity index (χ3n) is 5.49. The minimum atomic E-state index is -4.48. The van der Waals surface area contributed by atoms with Crippen LogP contribution in [-0.4, -0.2) is 54.0 Å². The molecule has 7 heteroatoms. The Kier molecular flexibility index (Phi) is 3.53. The van der Waals surface area contributed by atoms with E-state index in [1.165, 1.54) is 25.3 Å². The number of nitrogens with zero attached hydrogens (tertiary/aromatic N) is 2. The van der Waals surface area contributed by atoms with Crippen molar-refractivity contribution in [2.45, 2.75) is 43.6 Å². The second kappa shape index (κ2) is 5.37. The van der Waals surface area contributed by atoms with Crippen molar-refractivity contribution in [1.29, 1.82) is 0 Å². The molecule has 1 saturated heterocycles. The number of carbonyl (C=O) groups excluding carboxylic acids is 1. The summed E-state index contributed by atoms with van der Waals surface area (Å²) < 4.78 is 44.7. The molecule has 0 spiro atoms. The minimum Gasteiger partial charge on any atom is -0.486 e. The third-order valence-corrected chi connectivity index (χ3v) is 5.49. The molecule has 1 aromatic carbocycles. The van der Waals surface area contributed by atoms with Crippen LogP contribution in [0.15, 0.2) is 18.2 Å². The number of likely N-dealkylation sites (N-methyl/N-ethyl adjacent to an activating group) is 1. The predicted octanol–water partition coefficient (Wildman–Crippen LogP) is 2.78. The molecule has 0 aromatic heterocycles. The van der Waals surface area contributed by atoms with Crippen LogP contribution in [0.25, 0.3) is 0 Å². The molecular weight excluding hydrogens is 321 g/mol. The maximum Gasteiger partial charge on any atom is 0.416 e. The number of ether oxygens (including phenoxy) is 1. The topological polar surface area (TPSA) is 32.8 Å². The summed E-state index contributed by atoms with van der Waals surface area (Å²) >= 11 is 0. The van der Waals surface area contributed by atoms with Gasteiger partial charge in [-0.1, -0.05) is 6.42 Å². The van der Waals surface area contributed by atoms with Crippen LogP contribution in [0.5, 0.6) is 5.75 Å². The Morgan fingerprint density at radius 1 is 1.21 bits per heavy atom. The Morgan fingerprint density at radius 3 is 2.58 bits per heavy atom. The van der Waals surface area contributed by atoms with E-state index in [1.54, 1.807) is 11.9 Å². The zero-order valence-corrected chi connectivity index (χ0v) is 13.3. The van der Waals surface area contributed by atoms with Crippen LogP contribution in [0.1, 0.15) is 35.2 Å². The molecule has 0 unspecified atom stereocenters. The van der Waals surface area contributed by atoms with Crippen LogP contribution in [0.3, 0.4) is 0 Å². The monoisotopic (exact) mass is 340 g/mol. The van der Waals surface area contributed by atoms with Gasteiger partial charge in [0.1, 0.15) is 11.9 Å². The Labute approximate surface area is 138 Å². The van der Waals surface area contributed by atoms with Crippen molar-refractivity contribution < 1.29 is 22.7 Å². The van der Waals surface area contributed by atoms with E-state index in [2.05, 4.69) is 4.90 Å². The standard InChI is InChI=1S/C17H19F3N2O2/c1-21-13-8-22(11-3-2-4-11)9-15(13)24-14-6-5-10(17(18,19)20)7-12(14)16(21)23/h5-7,11,13,15H,2-4,8-9H2,1H3/t13-,15+/m1/s1. The van der Waals surface area contributed by atoms with Gasteiger partial charge in [0.25, 0.3) is 5.91 Å². The van der Waals surface area contributed by atoms with Crippen LogP contribution in [-0.2, 0) is 6.18 Å². The van der Waals surface area contributed by atoms with Crippen LogP contribution in [0.4, 0.5) is 13.2 Å². The highest BCUT2D eigenvalue weighted by Crippen LogP contribution is 2.37. The Balaban J connectivity index is 1.65. The zero-order valence-electron chi connectivity index (χ0n) is 13.3. The molecule has 0 radical (unpaired) electrons. The van der Waals surface area contributed by atoms with E-state index in [0.29, 0.717) is 12.6 Å². The second-order valence-corrected chi connectivity index (χ2v) is 6.89. The number of amides is 1. The molecule has 1 aliphatic carbocycles. The van der Waals surface area contributed by atoms with Crippen LogP contribution in [0, 0.1) is 0 Å². The molecule has 3 aliphatic rings. The van der Waals surface area contributed by atoms with Gasteiger partial charge in [-0.05, 0) is 31.0 Å².